The molecule has 0 bridgehead atoms. The van der Waals surface area contributed by atoms with Crippen molar-refractivity contribution in [3.63, 3.8) is 0 Å². The third-order valence-corrected chi connectivity index (χ3v) is 5.99. The number of rotatable bonds is 5. The predicted molar refractivity (Wildman–Crippen MR) is 92.4 cm³/mol. The molecule has 114 valence electrons. The Labute approximate surface area is 142 Å². The number of aryl methyl sites for hydroxylation is 2. The predicted octanol–water partition coefficient (Wildman–Crippen LogP) is 4.22. The average Bonchev–Trinajstić information content (AvgIpc) is 2.47. The Morgan fingerprint density at radius 2 is 2.00 bits per heavy atom. The van der Waals surface area contributed by atoms with Gasteiger partial charge in [-0.1, -0.05) is 35.5 Å². The van der Waals surface area contributed by atoms with Crippen molar-refractivity contribution in [3.05, 3.63) is 57.7 Å². The molecule has 2 aromatic rings. The normalized spacial score (nSPS) is 11.9. The third-order valence-electron chi connectivity index (χ3n) is 2.99. The molecule has 0 radical (unpaired) electrons. The Hall–Kier alpha value is -1.35. The number of aromatic nitrogens is 1. The van der Waals surface area contributed by atoms with Gasteiger partial charge in [-0.15, -0.1) is 0 Å². The Balaban J connectivity index is 2.02. The van der Waals surface area contributed by atoms with Crippen molar-refractivity contribution in [2.45, 2.75) is 24.6 Å². The topological polar surface area (TPSA) is 53.8 Å². The van der Waals surface area contributed by atoms with E-state index in [4.69, 9.17) is 11.6 Å². The fraction of sp³-hybridized carbons (Fsp3) is 0.250. The zero-order valence-electron chi connectivity index (χ0n) is 12.3. The molecule has 2 rings (SSSR count). The first-order valence-corrected chi connectivity index (χ1v) is 9.45. The first kappa shape index (κ1) is 17.0. The number of nitrogens with zero attached hydrogens (tertiary/aromatic N) is 2. The zero-order valence-corrected chi connectivity index (χ0v) is 14.7. The molecule has 0 N–H and O–H groups in total. The maximum absolute atomic E-state index is 12.2. The minimum absolute atomic E-state index is 0.410. The second-order valence-corrected chi connectivity index (χ2v) is 8.07. The van der Waals surface area contributed by atoms with Gasteiger partial charge in [0.25, 0.3) is 0 Å². The molecule has 0 aliphatic rings. The quantitative estimate of drug-likeness (QED) is 0.757. The van der Waals surface area contributed by atoms with Crippen LogP contribution in [-0.2, 0) is 16.6 Å². The molecule has 0 aliphatic heterocycles. The van der Waals surface area contributed by atoms with E-state index in [0.717, 1.165) is 16.8 Å². The molecule has 0 unspecified atom stereocenters. The summed E-state index contributed by atoms with van der Waals surface area (Å²) in [6.45, 7) is 3.78. The highest BCUT2D eigenvalue weighted by atomic mass is 35.5. The van der Waals surface area contributed by atoms with Crippen LogP contribution in [0.2, 0.25) is 5.02 Å². The third kappa shape index (κ3) is 4.57. The van der Waals surface area contributed by atoms with Gasteiger partial charge in [-0.2, -0.15) is 5.26 Å². The molecule has 1 heterocycles. The number of pyridine rings is 1. The highest BCUT2D eigenvalue weighted by Gasteiger charge is 2.11. The summed E-state index contributed by atoms with van der Waals surface area (Å²) in [6, 6.07) is 11.4. The maximum Gasteiger partial charge on any atom is 0.115 e. The number of thioether (sulfide) groups is 1. The van der Waals surface area contributed by atoms with Crippen LogP contribution in [0.4, 0.5) is 0 Å². The molecular weight excluding hydrogens is 336 g/mol. The van der Waals surface area contributed by atoms with Crippen molar-refractivity contribution in [1.82, 2.24) is 4.98 Å². The molecule has 0 spiro atoms. The minimum Gasteiger partial charge on any atom is -0.258 e. The van der Waals surface area contributed by atoms with Crippen molar-refractivity contribution in [3.8, 4) is 6.07 Å². The minimum atomic E-state index is -1.03. The van der Waals surface area contributed by atoms with E-state index in [1.165, 1.54) is 11.8 Å². The highest BCUT2D eigenvalue weighted by Crippen LogP contribution is 2.24. The Morgan fingerprint density at radius 1 is 1.32 bits per heavy atom. The fourth-order valence-electron chi connectivity index (χ4n) is 1.97. The zero-order chi connectivity index (χ0) is 16.1. The van der Waals surface area contributed by atoms with E-state index in [9.17, 15) is 9.47 Å². The van der Waals surface area contributed by atoms with Gasteiger partial charge in [-0.25, -0.2) is 4.98 Å². The second-order valence-electron chi connectivity index (χ2n) is 4.85. The second kappa shape index (κ2) is 7.77. The van der Waals surface area contributed by atoms with Crippen LogP contribution in [0.25, 0.3) is 0 Å². The van der Waals surface area contributed by atoms with E-state index in [1.807, 2.05) is 32.0 Å². The lowest BCUT2D eigenvalue weighted by molar-refractivity contribution is 0.685. The summed E-state index contributed by atoms with van der Waals surface area (Å²) in [5.41, 5.74) is 3.32. The van der Waals surface area contributed by atoms with Gasteiger partial charge in [0.2, 0.25) is 0 Å². The summed E-state index contributed by atoms with van der Waals surface area (Å²) in [5, 5.41) is 11.0. The van der Waals surface area contributed by atoms with Crippen molar-refractivity contribution in [2.75, 3.05) is 5.08 Å². The van der Waals surface area contributed by atoms with Crippen molar-refractivity contribution in [1.29, 1.82) is 5.26 Å². The lowest BCUT2D eigenvalue weighted by atomic mass is 10.1. The van der Waals surface area contributed by atoms with Crippen LogP contribution in [0.1, 0.15) is 22.4 Å². The van der Waals surface area contributed by atoms with Crippen LogP contribution < -0.4 is 0 Å². The van der Waals surface area contributed by atoms with Gasteiger partial charge in [0.1, 0.15) is 11.1 Å². The van der Waals surface area contributed by atoms with Gasteiger partial charge in [0.15, 0.2) is 0 Å². The summed E-state index contributed by atoms with van der Waals surface area (Å²) >= 11 is 7.20. The molecule has 0 fully saturated rings. The highest BCUT2D eigenvalue weighted by molar-refractivity contribution is 8.10. The number of hydrogen-bond acceptors (Lipinski definition) is 4. The molecule has 22 heavy (non-hydrogen) atoms. The average molecular weight is 351 g/mol. The van der Waals surface area contributed by atoms with E-state index in [1.54, 1.807) is 12.1 Å². The van der Waals surface area contributed by atoms with Crippen LogP contribution >= 0.6 is 23.4 Å². The Kier molecular flexibility index (Phi) is 6.01. The first-order valence-electron chi connectivity index (χ1n) is 6.60. The van der Waals surface area contributed by atoms with Crippen molar-refractivity contribution < 1.29 is 4.21 Å². The summed E-state index contributed by atoms with van der Waals surface area (Å²) in [6.07, 6.45) is 0. The number of nitriles is 1. The molecule has 0 amide bonds. The lowest BCUT2D eigenvalue weighted by Gasteiger charge is -2.07. The molecule has 1 aromatic carbocycles. The summed E-state index contributed by atoms with van der Waals surface area (Å²) < 4.78 is 12.2. The van der Waals surface area contributed by atoms with Crippen LogP contribution in [0.15, 0.2) is 35.4 Å². The van der Waals surface area contributed by atoms with Gasteiger partial charge >= 0.3 is 0 Å². The Bertz CT molecular complexity index is 739. The first-order chi connectivity index (χ1) is 10.5. The smallest absolute Gasteiger partial charge is 0.115 e. The lowest BCUT2D eigenvalue weighted by Crippen LogP contribution is -2.00. The maximum atomic E-state index is 12.2. The van der Waals surface area contributed by atoms with E-state index < -0.39 is 10.8 Å². The molecule has 0 saturated heterocycles. The Morgan fingerprint density at radius 3 is 2.64 bits per heavy atom. The van der Waals surface area contributed by atoms with E-state index in [2.05, 4.69) is 11.1 Å². The summed E-state index contributed by atoms with van der Waals surface area (Å²) in [4.78, 5) is 4.38. The van der Waals surface area contributed by atoms with Crippen LogP contribution in [0.3, 0.4) is 0 Å². The summed E-state index contributed by atoms with van der Waals surface area (Å²) in [5.74, 6) is 0.469. The van der Waals surface area contributed by atoms with E-state index in [0.29, 0.717) is 26.4 Å². The fourth-order valence-corrected chi connectivity index (χ4v) is 4.53. The molecule has 0 aliphatic carbocycles. The van der Waals surface area contributed by atoms with Gasteiger partial charge in [0, 0.05) is 27.3 Å². The van der Waals surface area contributed by atoms with E-state index in [-0.39, 0.29) is 0 Å². The number of halogens is 1. The molecule has 0 saturated carbocycles. The largest absolute Gasteiger partial charge is 0.258 e. The molecule has 6 heteroatoms. The molecule has 3 nitrogen and oxygen atoms in total. The van der Waals surface area contributed by atoms with E-state index >= 15 is 0 Å². The van der Waals surface area contributed by atoms with Crippen molar-refractivity contribution in [2.24, 2.45) is 0 Å². The van der Waals surface area contributed by atoms with Gasteiger partial charge in [0.05, 0.1) is 10.6 Å². The van der Waals surface area contributed by atoms with Crippen LogP contribution in [-0.4, -0.2) is 14.3 Å². The molecular formula is C16H15ClN2OS2. The summed E-state index contributed by atoms with van der Waals surface area (Å²) in [7, 11) is -1.03. The van der Waals surface area contributed by atoms with Crippen LogP contribution in [0.5, 0.6) is 0 Å². The molecule has 1 aromatic heterocycles. The van der Waals surface area contributed by atoms with Gasteiger partial charge < -0.3 is 0 Å². The SMILES string of the molecule is Cc1cc(C)c(C#N)c(SC[S@](=O)Cc2ccc(Cl)cc2)n1. The number of benzene rings is 1. The number of hydrogen-bond donors (Lipinski definition) is 0. The standard InChI is InChI=1S/C16H15ClN2OS2/c1-11-7-12(2)19-16(15(11)8-18)21-10-22(20)9-13-3-5-14(17)6-4-13/h3-7H,9-10H2,1-2H3/t22-/m1/s1. The molecule has 1 atom stereocenters. The van der Waals surface area contributed by atoms with Gasteiger partial charge in [-0.05, 0) is 43.2 Å². The monoisotopic (exact) mass is 350 g/mol. The van der Waals surface area contributed by atoms with Crippen molar-refractivity contribution >= 4 is 34.2 Å². The van der Waals surface area contributed by atoms with Crippen LogP contribution in [0, 0.1) is 25.2 Å². The van der Waals surface area contributed by atoms with Gasteiger partial charge in [-0.3, -0.25) is 4.21 Å².